The third-order valence-corrected chi connectivity index (χ3v) is 13.4. The van der Waals surface area contributed by atoms with Gasteiger partial charge in [-0.15, -0.1) is 10.1 Å². The average molecular weight is 940 g/mol. The van der Waals surface area contributed by atoms with E-state index in [0.29, 0.717) is 72.9 Å². The Bertz CT molecular complexity index is 2580. The standard InChI is InChI=1S/C45H54N4O14S2/c1-44(2)32-26-30(28-64(56,57)58)16-18-34(32)46(24-9-5-7-14-42(54)62-48-38(50)20-21-39(48)51)36(44)12-11-13-37-45(3,4)33-27-31(29-65(59,60)61)17-19-35(33)47(37)25-10-6-8-15-43(55)63-49-40(52)22-23-41(49)53/h11-13,16-19,26-27H,5-10,14-15,20-25,28-29H2,1-4H3,(H-,56,57,58,59,60,61)/p+1. The van der Waals surface area contributed by atoms with E-state index in [2.05, 4.69) is 9.48 Å². The van der Waals surface area contributed by atoms with Gasteiger partial charge in [-0.3, -0.25) is 28.3 Å². The van der Waals surface area contributed by atoms with Crippen LogP contribution in [0.1, 0.15) is 127 Å². The van der Waals surface area contributed by atoms with Gasteiger partial charge in [-0.25, -0.2) is 9.59 Å². The minimum atomic E-state index is -4.31. The summed E-state index contributed by atoms with van der Waals surface area (Å²) in [6.07, 6.45) is 9.26. The Morgan fingerprint density at radius 2 is 1.17 bits per heavy atom. The molecular formula is C45H55N4O14S2+. The zero-order valence-corrected chi connectivity index (χ0v) is 38.5. The van der Waals surface area contributed by atoms with Crippen LogP contribution in [0.4, 0.5) is 11.4 Å². The third kappa shape index (κ3) is 11.6. The molecule has 0 spiro atoms. The van der Waals surface area contributed by atoms with E-state index in [1.165, 1.54) is 0 Å². The van der Waals surface area contributed by atoms with E-state index >= 15 is 0 Å². The van der Waals surface area contributed by atoms with Crippen molar-refractivity contribution in [1.82, 2.24) is 10.1 Å². The lowest BCUT2D eigenvalue weighted by atomic mass is 9.80. The molecule has 0 bridgehead atoms. The van der Waals surface area contributed by atoms with Crippen LogP contribution in [0.5, 0.6) is 0 Å². The smallest absolute Gasteiger partial charge is 0.333 e. The number of anilines is 1. The quantitative estimate of drug-likeness (QED) is 0.0730. The van der Waals surface area contributed by atoms with E-state index in [9.17, 15) is 54.7 Å². The Balaban J connectivity index is 1.23. The number of amides is 4. The maximum Gasteiger partial charge on any atom is 0.333 e. The Hall–Kier alpha value is -5.57. The monoisotopic (exact) mass is 939 g/mol. The second kappa shape index (κ2) is 19.5. The van der Waals surface area contributed by atoms with Crippen molar-refractivity contribution >= 4 is 72.9 Å². The minimum Gasteiger partial charge on any atom is -0.344 e. The first kappa shape index (κ1) is 48.9. The zero-order valence-electron chi connectivity index (χ0n) is 36.9. The fourth-order valence-electron chi connectivity index (χ4n) is 8.80. The molecule has 4 heterocycles. The van der Waals surface area contributed by atoms with Crippen LogP contribution < -0.4 is 4.90 Å². The van der Waals surface area contributed by atoms with Crippen molar-refractivity contribution in [1.29, 1.82) is 0 Å². The predicted molar refractivity (Wildman–Crippen MR) is 235 cm³/mol. The number of fused-ring (bicyclic) bond motifs is 2. The molecule has 2 saturated heterocycles. The summed E-state index contributed by atoms with van der Waals surface area (Å²) >= 11 is 0. The number of carbonyl (C=O) groups is 6. The summed E-state index contributed by atoms with van der Waals surface area (Å²) in [6, 6.07) is 10.5. The molecule has 2 N–H and O–H groups in total. The van der Waals surface area contributed by atoms with Gasteiger partial charge in [0.1, 0.15) is 18.1 Å². The molecule has 0 radical (unpaired) electrons. The Labute approximate surface area is 378 Å². The molecule has 2 aromatic carbocycles. The van der Waals surface area contributed by atoms with Crippen LogP contribution in [0.25, 0.3) is 0 Å². The summed E-state index contributed by atoms with van der Waals surface area (Å²) < 4.78 is 68.8. The van der Waals surface area contributed by atoms with Gasteiger partial charge >= 0.3 is 11.9 Å². The van der Waals surface area contributed by atoms with Gasteiger partial charge in [0.25, 0.3) is 43.9 Å². The van der Waals surface area contributed by atoms with Gasteiger partial charge in [-0.1, -0.05) is 44.5 Å². The van der Waals surface area contributed by atoms with E-state index in [0.717, 1.165) is 33.9 Å². The van der Waals surface area contributed by atoms with Crippen LogP contribution in [0, 0.1) is 0 Å². The second-order valence-electron chi connectivity index (χ2n) is 17.7. The third-order valence-electron chi connectivity index (χ3n) is 12.0. The molecule has 0 aromatic heterocycles. The Kier molecular flexibility index (Phi) is 14.7. The number of nitrogens with zero attached hydrogens (tertiary/aromatic N) is 4. The van der Waals surface area contributed by atoms with E-state index in [-0.39, 0.29) is 38.5 Å². The van der Waals surface area contributed by atoms with Crippen molar-refractivity contribution in [3.8, 4) is 0 Å². The summed E-state index contributed by atoms with van der Waals surface area (Å²) in [5.41, 5.74) is 4.70. The molecule has 0 saturated carbocycles. The molecule has 4 aliphatic rings. The molecule has 4 amide bonds. The normalized spacial score (nSPS) is 18.7. The SMILES string of the molecule is CC1(C)C(/C=C/C=C2/N(CCCCCC(=O)ON3C(=O)CCC3=O)c3ccc(CS(=O)(=O)O)cc3C2(C)C)=[N+](CCCCCC(=O)ON2C(=O)CCC2=O)c2ccc(CS(=O)(=O)O)cc21. The molecule has 350 valence electrons. The lowest BCUT2D eigenvalue weighted by Crippen LogP contribution is -2.32. The highest BCUT2D eigenvalue weighted by molar-refractivity contribution is 7.85. The van der Waals surface area contributed by atoms with Crippen molar-refractivity contribution < 1.29 is 69.0 Å². The largest absolute Gasteiger partial charge is 0.344 e. The molecule has 4 aliphatic heterocycles. The molecule has 2 aromatic rings. The lowest BCUT2D eigenvalue weighted by molar-refractivity contribution is -0.438. The number of hydroxylamine groups is 4. The number of hydrogen-bond donors (Lipinski definition) is 2. The van der Waals surface area contributed by atoms with Gasteiger partial charge in [-0.05, 0) is 74.4 Å². The van der Waals surface area contributed by atoms with E-state index in [1.54, 1.807) is 24.3 Å². The average Bonchev–Trinajstić information content (AvgIpc) is 3.83. The number of carbonyl (C=O) groups excluding carboxylic acids is 6. The highest BCUT2D eigenvalue weighted by Gasteiger charge is 2.45. The Morgan fingerprint density at radius 3 is 1.69 bits per heavy atom. The molecule has 20 heteroatoms. The van der Waals surface area contributed by atoms with E-state index in [4.69, 9.17) is 9.68 Å². The maximum absolute atomic E-state index is 12.4. The first-order chi connectivity index (χ1) is 30.5. The lowest BCUT2D eigenvalue weighted by Gasteiger charge is -2.27. The Morgan fingerprint density at radius 1 is 0.677 bits per heavy atom. The maximum atomic E-state index is 12.4. The van der Waals surface area contributed by atoms with Crippen LogP contribution in [0.15, 0.2) is 60.3 Å². The van der Waals surface area contributed by atoms with Crippen molar-refractivity contribution in [2.24, 2.45) is 0 Å². The van der Waals surface area contributed by atoms with Gasteiger partial charge < -0.3 is 14.6 Å². The highest BCUT2D eigenvalue weighted by atomic mass is 32.2. The highest BCUT2D eigenvalue weighted by Crippen LogP contribution is 2.48. The molecule has 65 heavy (non-hydrogen) atoms. The summed E-state index contributed by atoms with van der Waals surface area (Å²) in [4.78, 5) is 84.5. The van der Waals surface area contributed by atoms with Gasteiger partial charge in [0.05, 0.1) is 5.41 Å². The van der Waals surface area contributed by atoms with Crippen LogP contribution in [0.3, 0.4) is 0 Å². The first-order valence-corrected chi connectivity index (χ1v) is 24.8. The molecule has 6 rings (SSSR count). The number of hydrogen-bond acceptors (Lipinski definition) is 13. The summed E-state index contributed by atoms with van der Waals surface area (Å²) in [5.74, 6) is -4.65. The molecule has 2 fully saturated rings. The number of imide groups is 2. The van der Waals surface area contributed by atoms with Crippen molar-refractivity contribution in [2.75, 3.05) is 18.0 Å². The summed E-state index contributed by atoms with van der Waals surface area (Å²) in [6.45, 7) is 9.09. The van der Waals surface area contributed by atoms with Crippen LogP contribution >= 0.6 is 0 Å². The van der Waals surface area contributed by atoms with Gasteiger partial charge in [0.2, 0.25) is 5.69 Å². The van der Waals surface area contributed by atoms with Gasteiger partial charge in [0, 0.05) is 86.0 Å². The van der Waals surface area contributed by atoms with Crippen LogP contribution in [-0.2, 0) is 81.0 Å². The molecule has 0 unspecified atom stereocenters. The summed E-state index contributed by atoms with van der Waals surface area (Å²) in [7, 11) is -8.62. The fraction of sp³-hybridized carbons (Fsp3) is 0.489. The second-order valence-corrected chi connectivity index (χ2v) is 20.6. The first-order valence-electron chi connectivity index (χ1n) is 21.6. The van der Waals surface area contributed by atoms with Gasteiger partial charge in [0.15, 0.2) is 5.71 Å². The number of unbranched alkanes of at least 4 members (excludes halogenated alkanes) is 4. The molecule has 0 aliphatic carbocycles. The molecule has 18 nitrogen and oxygen atoms in total. The molecular weight excluding hydrogens is 885 g/mol. The number of benzene rings is 2. The van der Waals surface area contributed by atoms with E-state index in [1.807, 2.05) is 58.1 Å². The van der Waals surface area contributed by atoms with Crippen LogP contribution in [-0.4, -0.2) is 95.0 Å². The number of allylic oxidation sites excluding steroid dienone is 4. The topological polar surface area (TPSA) is 242 Å². The summed E-state index contributed by atoms with van der Waals surface area (Å²) in [5, 5.41) is 1.07. The van der Waals surface area contributed by atoms with Crippen molar-refractivity contribution in [3.05, 3.63) is 82.6 Å². The van der Waals surface area contributed by atoms with Gasteiger partial charge in [-0.2, -0.15) is 21.4 Å². The zero-order chi connectivity index (χ0) is 47.5. The van der Waals surface area contributed by atoms with Crippen molar-refractivity contribution in [2.45, 2.75) is 127 Å². The molecule has 0 atom stereocenters. The number of rotatable bonds is 20. The van der Waals surface area contributed by atoms with Crippen LogP contribution in [0.2, 0.25) is 0 Å². The van der Waals surface area contributed by atoms with Crippen molar-refractivity contribution in [3.63, 3.8) is 0 Å². The fourth-order valence-corrected chi connectivity index (χ4v) is 10.0. The van der Waals surface area contributed by atoms with E-state index < -0.39 is 78.1 Å². The predicted octanol–water partition coefficient (Wildman–Crippen LogP) is 5.41. The minimum absolute atomic E-state index is 0.00366.